The Kier molecular flexibility index (Phi) is 6.90. The van der Waals surface area contributed by atoms with E-state index >= 15 is 0 Å². The number of non-ortho nitro benzene ring substituents is 1. The maximum atomic E-state index is 12.4. The van der Waals surface area contributed by atoms with Crippen LogP contribution in [0.3, 0.4) is 0 Å². The third-order valence-electron chi connectivity index (χ3n) is 4.24. The molecule has 0 unspecified atom stereocenters. The van der Waals surface area contributed by atoms with Gasteiger partial charge >= 0.3 is 11.7 Å². The van der Waals surface area contributed by atoms with E-state index in [1.54, 1.807) is 42.5 Å². The summed E-state index contributed by atoms with van der Waals surface area (Å²) in [7, 11) is 0. The zero-order valence-corrected chi connectivity index (χ0v) is 18.1. The van der Waals surface area contributed by atoms with E-state index in [1.807, 2.05) is 6.92 Å². The molecule has 3 aromatic rings. The molecule has 0 amide bonds. The Hall–Kier alpha value is -4.12. The van der Waals surface area contributed by atoms with Crippen LogP contribution >= 0.6 is 15.9 Å². The second-order valence-corrected chi connectivity index (χ2v) is 7.44. The smallest absolute Gasteiger partial charge is 0.343 e. The summed E-state index contributed by atoms with van der Waals surface area (Å²) in [5.41, 5.74) is 3.34. The first-order valence-electron chi connectivity index (χ1n) is 9.05. The molecule has 0 atom stereocenters. The average Bonchev–Trinajstić information content (AvgIpc) is 2.75. The lowest BCUT2D eigenvalue weighted by Crippen LogP contribution is -2.10. The van der Waals surface area contributed by atoms with Gasteiger partial charge in [0.25, 0.3) is 5.69 Å². The number of benzene rings is 3. The molecule has 0 spiro atoms. The van der Waals surface area contributed by atoms with Gasteiger partial charge in [-0.2, -0.15) is 5.10 Å². The first-order valence-corrected chi connectivity index (χ1v) is 9.84. The SMILES string of the molecule is Cc1ccc(C(=O)Oc2ccc(Br)cc2/C=N\Nc2ccc([N+](=O)[O-])cc2[N+](=O)[O-])cc1. The topological polar surface area (TPSA) is 137 Å². The zero-order chi connectivity index (χ0) is 23.3. The number of halogens is 1. The van der Waals surface area contributed by atoms with Gasteiger partial charge in [-0.3, -0.25) is 25.7 Å². The summed E-state index contributed by atoms with van der Waals surface area (Å²) in [4.78, 5) is 33.0. The van der Waals surface area contributed by atoms with E-state index in [2.05, 4.69) is 26.5 Å². The van der Waals surface area contributed by atoms with Gasteiger partial charge in [0.05, 0.1) is 27.7 Å². The molecule has 0 bridgehead atoms. The van der Waals surface area contributed by atoms with E-state index < -0.39 is 27.2 Å². The fraction of sp³-hybridized carbons (Fsp3) is 0.0476. The Morgan fingerprint density at radius 1 is 1.03 bits per heavy atom. The number of hydrazone groups is 1. The van der Waals surface area contributed by atoms with Crippen molar-refractivity contribution in [2.45, 2.75) is 6.92 Å². The molecule has 0 fully saturated rings. The predicted molar refractivity (Wildman–Crippen MR) is 121 cm³/mol. The monoisotopic (exact) mass is 498 g/mol. The lowest BCUT2D eigenvalue weighted by molar-refractivity contribution is -0.393. The highest BCUT2D eigenvalue weighted by Gasteiger charge is 2.19. The Morgan fingerprint density at radius 2 is 1.75 bits per heavy atom. The van der Waals surface area contributed by atoms with E-state index in [0.717, 1.165) is 17.7 Å². The van der Waals surface area contributed by atoms with Gasteiger partial charge in [0, 0.05) is 16.1 Å². The summed E-state index contributed by atoms with van der Waals surface area (Å²) in [5.74, 6) is -0.330. The van der Waals surface area contributed by atoms with Gasteiger partial charge in [0.15, 0.2) is 0 Å². The third-order valence-corrected chi connectivity index (χ3v) is 4.73. The quantitative estimate of drug-likeness (QED) is 0.154. The van der Waals surface area contributed by atoms with Crippen LogP contribution in [0.1, 0.15) is 21.5 Å². The summed E-state index contributed by atoms with van der Waals surface area (Å²) < 4.78 is 6.16. The minimum Gasteiger partial charge on any atom is -0.422 e. The number of nitro benzene ring substituents is 2. The minimum absolute atomic E-state index is 0.0370. The molecule has 0 radical (unpaired) electrons. The maximum absolute atomic E-state index is 12.4. The van der Waals surface area contributed by atoms with Crippen LogP contribution in [-0.2, 0) is 0 Å². The van der Waals surface area contributed by atoms with Gasteiger partial charge in [-0.25, -0.2) is 4.79 Å². The number of anilines is 1. The van der Waals surface area contributed by atoms with Crippen LogP contribution in [0.15, 0.2) is 70.2 Å². The lowest BCUT2D eigenvalue weighted by atomic mass is 10.1. The van der Waals surface area contributed by atoms with Crippen molar-refractivity contribution in [3.8, 4) is 5.75 Å². The fourth-order valence-electron chi connectivity index (χ4n) is 2.61. The molecule has 0 aliphatic heterocycles. The molecule has 0 aromatic heterocycles. The molecule has 0 heterocycles. The molecular formula is C21H15BrN4O6. The highest BCUT2D eigenvalue weighted by molar-refractivity contribution is 9.10. The number of nitrogens with one attached hydrogen (secondary N) is 1. The molecule has 162 valence electrons. The highest BCUT2D eigenvalue weighted by Crippen LogP contribution is 2.29. The maximum Gasteiger partial charge on any atom is 0.343 e. The van der Waals surface area contributed by atoms with E-state index in [9.17, 15) is 25.0 Å². The number of nitrogens with zero attached hydrogens (tertiary/aromatic N) is 3. The molecule has 0 aliphatic rings. The second kappa shape index (κ2) is 9.79. The number of hydrogen-bond donors (Lipinski definition) is 1. The first-order chi connectivity index (χ1) is 15.2. The number of carbonyl (C=O) groups excluding carboxylic acids is 1. The molecule has 0 aliphatic carbocycles. The fourth-order valence-corrected chi connectivity index (χ4v) is 2.99. The van der Waals surface area contributed by atoms with Crippen molar-refractivity contribution in [3.63, 3.8) is 0 Å². The molecule has 3 rings (SSSR count). The molecule has 0 saturated carbocycles. The van der Waals surface area contributed by atoms with Gasteiger partial charge in [0.1, 0.15) is 11.4 Å². The molecule has 32 heavy (non-hydrogen) atoms. The Labute approximate surface area is 190 Å². The van der Waals surface area contributed by atoms with Gasteiger partial charge in [-0.05, 0) is 43.3 Å². The van der Waals surface area contributed by atoms with Crippen molar-refractivity contribution >= 4 is 45.2 Å². The molecule has 3 aromatic carbocycles. The van der Waals surface area contributed by atoms with Crippen LogP contribution in [-0.4, -0.2) is 22.0 Å². The molecule has 0 saturated heterocycles. The van der Waals surface area contributed by atoms with Crippen LogP contribution in [0.5, 0.6) is 5.75 Å². The van der Waals surface area contributed by atoms with Crippen molar-refractivity contribution < 1.29 is 19.4 Å². The normalized spacial score (nSPS) is 10.7. The van der Waals surface area contributed by atoms with E-state index in [0.29, 0.717) is 15.6 Å². The summed E-state index contributed by atoms with van der Waals surface area (Å²) >= 11 is 3.33. The van der Waals surface area contributed by atoms with E-state index in [1.165, 1.54) is 12.3 Å². The number of rotatable bonds is 7. The van der Waals surface area contributed by atoms with Gasteiger partial charge in [-0.15, -0.1) is 0 Å². The zero-order valence-electron chi connectivity index (χ0n) is 16.5. The number of nitro groups is 2. The molecule has 10 nitrogen and oxygen atoms in total. The van der Waals surface area contributed by atoms with Gasteiger partial charge in [0.2, 0.25) is 0 Å². The number of carbonyl (C=O) groups is 1. The van der Waals surface area contributed by atoms with Gasteiger partial charge < -0.3 is 4.74 Å². The summed E-state index contributed by atoms with van der Waals surface area (Å²) in [6.07, 6.45) is 1.31. The molecule has 11 heteroatoms. The second-order valence-electron chi connectivity index (χ2n) is 6.52. The third kappa shape index (κ3) is 5.52. The molecular weight excluding hydrogens is 484 g/mol. The average molecular weight is 499 g/mol. The van der Waals surface area contributed by atoms with Crippen LogP contribution in [0.4, 0.5) is 17.1 Å². The van der Waals surface area contributed by atoms with Crippen molar-refractivity contribution in [2.24, 2.45) is 5.10 Å². The van der Waals surface area contributed by atoms with Gasteiger partial charge in [-0.1, -0.05) is 33.6 Å². The van der Waals surface area contributed by atoms with Crippen molar-refractivity contribution in [3.05, 3.63) is 102 Å². The van der Waals surface area contributed by atoms with Crippen LogP contribution in [0.25, 0.3) is 0 Å². The van der Waals surface area contributed by atoms with Crippen LogP contribution in [0, 0.1) is 27.2 Å². The Bertz CT molecular complexity index is 1230. The summed E-state index contributed by atoms with van der Waals surface area (Å²) in [6, 6.07) is 14.9. The van der Waals surface area contributed by atoms with Crippen molar-refractivity contribution in [1.29, 1.82) is 0 Å². The van der Waals surface area contributed by atoms with Crippen LogP contribution in [0.2, 0.25) is 0 Å². The van der Waals surface area contributed by atoms with Crippen LogP contribution < -0.4 is 10.2 Å². The number of esters is 1. The number of ether oxygens (including phenoxy) is 1. The number of hydrogen-bond acceptors (Lipinski definition) is 8. The van der Waals surface area contributed by atoms with Crippen molar-refractivity contribution in [2.75, 3.05) is 5.43 Å². The first kappa shape index (κ1) is 22.6. The Balaban J connectivity index is 1.82. The largest absolute Gasteiger partial charge is 0.422 e. The minimum atomic E-state index is -0.751. The van der Waals surface area contributed by atoms with E-state index in [4.69, 9.17) is 4.74 Å². The summed E-state index contributed by atoms with van der Waals surface area (Å²) in [5, 5.41) is 26.0. The molecule has 1 N–H and O–H groups in total. The van der Waals surface area contributed by atoms with Crippen molar-refractivity contribution in [1.82, 2.24) is 0 Å². The summed E-state index contributed by atoms with van der Waals surface area (Å²) in [6.45, 7) is 1.90. The lowest BCUT2D eigenvalue weighted by Gasteiger charge is -2.08. The standard InChI is InChI=1S/C21H15BrN4O6/c1-13-2-4-14(5-3-13)21(27)32-20-9-6-16(22)10-15(20)12-23-24-18-8-7-17(25(28)29)11-19(18)26(30)31/h2-12,24H,1H3/b23-12-. The van der Waals surface area contributed by atoms with E-state index in [-0.39, 0.29) is 11.4 Å². The predicted octanol–water partition coefficient (Wildman–Crippen LogP) is 5.24. The highest BCUT2D eigenvalue weighted by atomic mass is 79.9. The number of aryl methyl sites for hydroxylation is 1. The Morgan fingerprint density at radius 3 is 2.41 bits per heavy atom.